The third kappa shape index (κ3) is 1.66. The van der Waals surface area contributed by atoms with Crippen molar-refractivity contribution < 1.29 is 23.3 Å². The van der Waals surface area contributed by atoms with Gasteiger partial charge >= 0.3 is 18.9 Å². The van der Waals surface area contributed by atoms with E-state index in [2.05, 4.69) is 11.1 Å². The Bertz CT molecular complexity index is 399. The van der Waals surface area contributed by atoms with Gasteiger partial charge in [-0.2, -0.15) is 0 Å². The fourth-order valence-electron chi connectivity index (χ4n) is 0.948. The van der Waals surface area contributed by atoms with Crippen LogP contribution >= 0.6 is 11.6 Å². The molecule has 0 saturated carbocycles. The second kappa shape index (κ2) is 3.53. The number of aryl methyl sites for hydroxylation is 1. The molecule has 0 saturated heterocycles. The van der Waals surface area contributed by atoms with Crippen LogP contribution in [0.5, 0.6) is 0 Å². The van der Waals surface area contributed by atoms with Crippen LogP contribution in [-0.4, -0.2) is 4.98 Å². The van der Waals surface area contributed by atoms with E-state index in [0.29, 0.717) is 16.5 Å². The predicted molar refractivity (Wildman–Crippen MR) is 42.6 cm³/mol. The molecule has 0 amide bonds. The van der Waals surface area contributed by atoms with E-state index in [1.165, 1.54) is 0 Å². The van der Waals surface area contributed by atoms with E-state index in [-0.39, 0.29) is 18.9 Å². The van der Waals surface area contributed by atoms with E-state index >= 15 is 0 Å². The molecular formula is C8H5ClLiNO. The number of hydrogen-bond acceptors (Lipinski definition) is 2. The molecule has 0 radical (unpaired) electrons. The van der Waals surface area contributed by atoms with Crippen LogP contribution in [0.25, 0.3) is 11.1 Å². The van der Waals surface area contributed by atoms with E-state index < -0.39 is 0 Å². The number of fused-ring (bicyclic) bond motifs is 1. The van der Waals surface area contributed by atoms with E-state index in [0.717, 1.165) is 5.52 Å². The molecule has 4 heteroatoms. The van der Waals surface area contributed by atoms with Crippen molar-refractivity contribution in [1.29, 1.82) is 0 Å². The summed E-state index contributed by atoms with van der Waals surface area (Å²) in [6.07, 6.45) is 0. The molecule has 0 aliphatic heterocycles. The van der Waals surface area contributed by atoms with Crippen LogP contribution in [0.15, 0.2) is 16.5 Å². The number of halogens is 1. The van der Waals surface area contributed by atoms with Gasteiger partial charge in [0, 0.05) is 12.5 Å². The zero-order chi connectivity index (χ0) is 7.84. The third-order valence-corrected chi connectivity index (χ3v) is 1.60. The van der Waals surface area contributed by atoms with Crippen LogP contribution in [0.4, 0.5) is 0 Å². The summed E-state index contributed by atoms with van der Waals surface area (Å²) in [4.78, 5) is 4.10. The minimum atomic E-state index is 0. The van der Waals surface area contributed by atoms with Gasteiger partial charge in [0.15, 0.2) is 5.89 Å². The first kappa shape index (κ1) is 9.66. The van der Waals surface area contributed by atoms with Crippen molar-refractivity contribution in [3.8, 4) is 0 Å². The van der Waals surface area contributed by atoms with Gasteiger partial charge in [-0.3, -0.25) is 4.98 Å². The molecule has 0 aliphatic carbocycles. The van der Waals surface area contributed by atoms with Crippen LogP contribution in [0.3, 0.4) is 0 Å². The van der Waals surface area contributed by atoms with Gasteiger partial charge in [-0.25, -0.2) is 0 Å². The standard InChI is InChI=1S/C8H5ClNO.Li/c1-5-10-7-3-2-6(9)4-8(7)11-5;/h2-3H,1H3;/q-1;+1. The molecule has 2 aromatic rings. The predicted octanol–water partition coefficient (Wildman–Crippen LogP) is -0.406. The molecule has 2 nitrogen and oxygen atoms in total. The summed E-state index contributed by atoms with van der Waals surface area (Å²) in [5.74, 6) is 0.638. The molecule has 1 heterocycles. The van der Waals surface area contributed by atoms with Gasteiger partial charge in [-0.05, 0) is 5.52 Å². The average molecular weight is 174 g/mol. The summed E-state index contributed by atoms with van der Waals surface area (Å²) >= 11 is 5.68. The van der Waals surface area contributed by atoms with Gasteiger partial charge in [0.05, 0.1) is 0 Å². The summed E-state index contributed by atoms with van der Waals surface area (Å²) < 4.78 is 5.20. The Hall–Kier alpha value is -0.423. The molecule has 0 spiro atoms. The minimum Gasteiger partial charge on any atom is -0.468 e. The molecule has 1 aromatic carbocycles. The molecule has 0 bridgehead atoms. The molecule has 0 aliphatic rings. The Balaban J connectivity index is 0.000000720. The van der Waals surface area contributed by atoms with Crippen molar-refractivity contribution in [2.75, 3.05) is 0 Å². The Labute approximate surface area is 87.1 Å². The maximum absolute atomic E-state index is 5.68. The quantitative estimate of drug-likeness (QED) is 0.400. The zero-order valence-corrected chi connectivity index (χ0v) is 7.64. The van der Waals surface area contributed by atoms with Crippen molar-refractivity contribution in [2.45, 2.75) is 6.92 Å². The number of hydrogen-bond donors (Lipinski definition) is 0. The van der Waals surface area contributed by atoms with E-state index in [1.54, 1.807) is 13.0 Å². The first-order valence-corrected chi connectivity index (χ1v) is 3.58. The van der Waals surface area contributed by atoms with Crippen molar-refractivity contribution in [3.05, 3.63) is 29.1 Å². The zero-order valence-electron chi connectivity index (χ0n) is 6.89. The molecule has 1 aromatic heterocycles. The van der Waals surface area contributed by atoms with Crippen molar-refractivity contribution in [2.24, 2.45) is 0 Å². The van der Waals surface area contributed by atoms with E-state index in [1.807, 2.05) is 6.07 Å². The van der Waals surface area contributed by atoms with Crippen molar-refractivity contribution in [1.82, 2.24) is 4.98 Å². The summed E-state index contributed by atoms with van der Waals surface area (Å²) in [5, 5.41) is 0.550. The normalized spacial score (nSPS) is 9.83. The third-order valence-electron chi connectivity index (χ3n) is 1.38. The molecule has 0 unspecified atom stereocenters. The smallest absolute Gasteiger partial charge is 0.468 e. The fraction of sp³-hybridized carbons (Fsp3) is 0.125. The Morgan fingerprint density at radius 2 is 2.25 bits per heavy atom. The molecule has 0 atom stereocenters. The van der Waals surface area contributed by atoms with Gasteiger partial charge in [0.1, 0.15) is 0 Å². The van der Waals surface area contributed by atoms with Crippen molar-refractivity contribution in [3.63, 3.8) is 0 Å². The van der Waals surface area contributed by atoms with Gasteiger partial charge in [-0.15, -0.1) is 29.8 Å². The minimum absolute atomic E-state index is 0. The van der Waals surface area contributed by atoms with Crippen LogP contribution in [0.1, 0.15) is 5.89 Å². The largest absolute Gasteiger partial charge is 1.00 e. The summed E-state index contributed by atoms with van der Waals surface area (Å²) in [6, 6.07) is 6.40. The molecule has 0 N–H and O–H groups in total. The van der Waals surface area contributed by atoms with E-state index in [9.17, 15) is 0 Å². The van der Waals surface area contributed by atoms with Crippen LogP contribution in [0, 0.1) is 13.0 Å². The molecule has 12 heavy (non-hydrogen) atoms. The number of benzene rings is 1. The SMILES string of the molecule is Cc1nc2ccc(Cl)[c-]c2o1.[Li+]. The van der Waals surface area contributed by atoms with Gasteiger partial charge in [0.2, 0.25) is 0 Å². The first-order chi connectivity index (χ1) is 5.25. The average Bonchev–Trinajstić information content (AvgIpc) is 2.27. The second-order valence-corrected chi connectivity index (χ2v) is 2.66. The van der Waals surface area contributed by atoms with Gasteiger partial charge in [-0.1, -0.05) is 5.02 Å². The molecule has 2 rings (SSSR count). The summed E-state index contributed by atoms with van der Waals surface area (Å²) in [7, 11) is 0. The maximum Gasteiger partial charge on any atom is 1.00 e. The summed E-state index contributed by atoms with van der Waals surface area (Å²) in [5.41, 5.74) is 1.42. The molecular weight excluding hydrogens is 168 g/mol. The Kier molecular flexibility index (Phi) is 2.84. The van der Waals surface area contributed by atoms with Gasteiger partial charge < -0.3 is 4.42 Å². The summed E-state index contributed by atoms with van der Waals surface area (Å²) in [6.45, 7) is 1.79. The Morgan fingerprint density at radius 1 is 1.50 bits per heavy atom. The first-order valence-electron chi connectivity index (χ1n) is 3.21. The topological polar surface area (TPSA) is 26.0 Å². The number of rotatable bonds is 0. The monoisotopic (exact) mass is 173 g/mol. The number of oxazole rings is 1. The maximum atomic E-state index is 5.68. The van der Waals surface area contributed by atoms with Crippen LogP contribution in [-0.2, 0) is 0 Å². The van der Waals surface area contributed by atoms with Gasteiger partial charge in [0.25, 0.3) is 0 Å². The Morgan fingerprint density at radius 3 is 3.00 bits per heavy atom. The fourth-order valence-corrected chi connectivity index (χ4v) is 1.10. The number of nitrogens with zero attached hydrogens (tertiary/aromatic N) is 1. The van der Waals surface area contributed by atoms with E-state index in [4.69, 9.17) is 16.0 Å². The molecule has 0 fully saturated rings. The van der Waals surface area contributed by atoms with Crippen LogP contribution in [0.2, 0.25) is 5.02 Å². The number of aromatic nitrogens is 1. The molecule has 56 valence electrons. The van der Waals surface area contributed by atoms with Crippen LogP contribution < -0.4 is 18.9 Å². The van der Waals surface area contributed by atoms with Crippen molar-refractivity contribution >= 4 is 22.7 Å². The second-order valence-electron chi connectivity index (χ2n) is 2.25.